The van der Waals surface area contributed by atoms with E-state index in [9.17, 15) is 0 Å². The summed E-state index contributed by atoms with van der Waals surface area (Å²) in [5, 5.41) is 9.34. The van der Waals surface area contributed by atoms with Crippen molar-refractivity contribution in [3.05, 3.63) is 69.3 Å². The summed E-state index contributed by atoms with van der Waals surface area (Å²) in [6.45, 7) is 16.8. The minimum atomic E-state index is 0.173. The van der Waals surface area contributed by atoms with Crippen LogP contribution >= 0.6 is 11.6 Å². The van der Waals surface area contributed by atoms with Crippen LogP contribution in [0.5, 0.6) is 0 Å². The summed E-state index contributed by atoms with van der Waals surface area (Å²) in [7, 11) is 3.92. The van der Waals surface area contributed by atoms with Gasteiger partial charge in [0.25, 0.3) is 0 Å². The van der Waals surface area contributed by atoms with Crippen LogP contribution in [0.2, 0.25) is 5.02 Å². The lowest BCUT2D eigenvalue weighted by atomic mass is 9.92. The third kappa shape index (κ3) is 7.51. The fourth-order valence-corrected chi connectivity index (χ4v) is 2.60. The van der Waals surface area contributed by atoms with Crippen LogP contribution in [0.15, 0.2) is 30.3 Å². The Bertz CT molecular complexity index is 859. The van der Waals surface area contributed by atoms with Gasteiger partial charge in [0, 0.05) is 35.9 Å². The van der Waals surface area contributed by atoms with Crippen molar-refractivity contribution >= 4 is 11.6 Å². The minimum absolute atomic E-state index is 0.173. The van der Waals surface area contributed by atoms with Gasteiger partial charge in [0.05, 0.1) is 11.4 Å². The molecular weight excluding hydrogens is 368 g/mol. The highest BCUT2D eigenvalue weighted by molar-refractivity contribution is 6.30. The highest BCUT2D eigenvalue weighted by atomic mass is 35.5. The summed E-state index contributed by atoms with van der Waals surface area (Å²) in [5.41, 5.74) is 7.40. The Morgan fingerprint density at radius 3 is 1.54 bits per heavy atom. The molecule has 0 amide bonds. The standard InChI is InChI=1S/C9H16N2.C8H9Cl.C6H10N2/c1-7-6-8(9(2,3)4)10-11(7)5;1-6-3-4-8(9)5-7(6)2;1-5-4-6(2)8(3)7-5/h6H,1-5H3;3-5H,1-2H3;4H,1-3H3. The Balaban J connectivity index is 0.000000213. The zero-order chi connectivity index (χ0) is 21.6. The molecule has 4 nitrogen and oxygen atoms in total. The molecule has 0 saturated heterocycles. The fraction of sp³-hybridized carbons (Fsp3) is 0.478. The van der Waals surface area contributed by atoms with Crippen LogP contribution in [-0.2, 0) is 19.5 Å². The molecule has 0 aliphatic rings. The number of nitrogens with zero attached hydrogens (tertiary/aromatic N) is 4. The quantitative estimate of drug-likeness (QED) is 0.460. The number of benzene rings is 1. The summed E-state index contributed by atoms with van der Waals surface area (Å²) in [4.78, 5) is 0. The molecule has 0 unspecified atom stereocenters. The maximum atomic E-state index is 5.72. The van der Waals surface area contributed by atoms with Gasteiger partial charge < -0.3 is 0 Å². The van der Waals surface area contributed by atoms with Crippen LogP contribution in [-0.4, -0.2) is 19.6 Å². The van der Waals surface area contributed by atoms with E-state index in [1.165, 1.54) is 22.5 Å². The smallest absolute Gasteiger partial charge is 0.0680 e. The van der Waals surface area contributed by atoms with Crippen LogP contribution in [0, 0.1) is 34.6 Å². The monoisotopic (exact) mass is 402 g/mol. The molecule has 0 spiro atoms. The lowest BCUT2D eigenvalue weighted by Crippen LogP contribution is -2.12. The van der Waals surface area contributed by atoms with Gasteiger partial charge in [-0.1, -0.05) is 38.4 Å². The van der Waals surface area contributed by atoms with E-state index in [4.69, 9.17) is 11.6 Å². The van der Waals surface area contributed by atoms with E-state index < -0.39 is 0 Å². The van der Waals surface area contributed by atoms with Gasteiger partial charge in [-0.05, 0) is 70.0 Å². The van der Waals surface area contributed by atoms with E-state index in [0.29, 0.717) is 0 Å². The molecule has 0 saturated carbocycles. The van der Waals surface area contributed by atoms with Crippen molar-refractivity contribution in [2.45, 2.75) is 60.8 Å². The normalized spacial score (nSPS) is 10.7. The van der Waals surface area contributed by atoms with E-state index in [1.807, 2.05) is 55.5 Å². The molecule has 5 heteroatoms. The van der Waals surface area contributed by atoms with Crippen LogP contribution in [0.1, 0.15) is 54.7 Å². The zero-order valence-electron chi connectivity index (χ0n) is 19.1. The summed E-state index contributed by atoms with van der Waals surface area (Å²) < 4.78 is 3.79. The largest absolute Gasteiger partial charge is 0.273 e. The molecule has 3 rings (SSSR count). The highest BCUT2D eigenvalue weighted by Gasteiger charge is 2.17. The molecule has 2 heterocycles. The average Bonchev–Trinajstić information content (AvgIpc) is 3.06. The van der Waals surface area contributed by atoms with Gasteiger partial charge in [0.1, 0.15) is 0 Å². The maximum absolute atomic E-state index is 5.72. The second kappa shape index (κ2) is 9.92. The van der Waals surface area contributed by atoms with E-state index >= 15 is 0 Å². The highest BCUT2D eigenvalue weighted by Crippen LogP contribution is 2.20. The molecule has 0 aliphatic heterocycles. The van der Waals surface area contributed by atoms with E-state index in [-0.39, 0.29) is 5.41 Å². The number of aryl methyl sites for hydroxylation is 7. The summed E-state index contributed by atoms with van der Waals surface area (Å²) >= 11 is 5.72. The Kier molecular flexibility index (Phi) is 8.49. The number of hydrogen-bond donors (Lipinski definition) is 0. The molecule has 28 heavy (non-hydrogen) atoms. The Morgan fingerprint density at radius 2 is 1.29 bits per heavy atom. The van der Waals surface area contributed by atoms with Crippen molar-refractivity contribution in [1.29, 1.82) is 0 Å². The van der Waals surface area contributed by atoms with E-state index in [0.717, 1.165) is 16.4 Å². The SMILES string of the molecule is Cc1cc(C(C)(C)C)nn1C.Cc1cc(C)n(C)n1.Cc1ccc(Cl)cc1C. The van der Waals surface area contributed by atoms with Crippen LogP contribution in [0.25, 0.3) is 0 Å². The van der Waals surface area contributed by atoms with E-state index in [1.54, 1.807) is 0 Å². The van der Waals surface area contributed by atoms with Gasteiger partial charge in [-0.3, -0.25) is 9.36 Å². The van der Waals surface area contributed by atoms with Gasteiger partial charge in [0.15, 0.2) is 0 Å². The lowest BCUT2D eigenvalue weighted by molar-refractivity contribution is 0.552. The first-order valence-electron chi connectivity index (χ1n) is 9.52. The lowest BCUT2D eigenvalue weighted by Gasteiger charge is -2.13. The number of hydrogen-bond acceptors (Lipinski definition) is 2. The summed E-state index contributed by atoms with van der Waals surface area (Å²) in [5.74, 6) is 0. The molecule has 0 bridgehead atoms. The summed E-state index contributed by atoms with van der Waals surface area (Å²) in [6, 6.07) is 10.1. The third-order valence-electron chi connectivity index (χ3n) is 4.59. The van der Waals surface area contributed by atoms with Gasteiger partial charge in [-0.2, -0.15) is 10.2 Å². The Labute approximate surface area is 175 Å². The van der Waals surface area contributed by atoms with Gasteiger partial charge in [-0.15, -0.1) is 0 Å². The third-order valence-corrected chi connectivity index (χ3v) is 4.82. The zero-order valence-corrected chi connectivity index (χ0v) is 19.8. The van der Waals surface area contributed by atoms with Gasteiger partial charge in [-0.25, -0.2) is 0 Å². The van der Waals surface area contributed by atoms with Crippen molar-refractivity contribution in [2.75, 3.05) is 0 Å². The number of aromatic nitrogens is 4. The van der Waals surface area contributed by atoms with Crippen LogP contribution < -0.4 is 0 Å². The molecule has 1 aromatic carbocycles. The average molecular weight is 403 g/mol. The first-order valence-corrected chi connectivity index (χ1v) is 9.90. The topological polar surface area (TPSA) is 35.6 Å². The Morgan fingerprint density at radius 1 is 0.750 bits per heavy atom. The van der Waals surface area contributed by atoms with Crippen LogP contribution in [0.3, 0.4) is 0 Å². The predicted molar refractivity (Wildman–Crippen MR) is 120 cm³/mol. The molecule has 0 atom stereocenters. The summed E-state index contributed by atoms with van der Waals surface area (Å²) in [6.07, 6.45) is 0. The van der Waals surface area contributed by atoms with Crippen molar-refractivity contribution in [1.82, 2.24) is 19.6 Å². The first kappa shape index (κ1) is 24.0. The molecule has 0 N–H and O–H groups in total. The molecule has 0 radical (unpaired) electrons. The molecule has 0 fully saturated rings. The molecule has 154 valence electrons. The van der Waals surface area contributed by atoms with Crippen molar-refractivity contribution in [2.24, 2.45) is 14.1 Å². The van der Waals surface area contributed by atoms with Crippen molar-refractivity contribution in [3.63, 3.8) is 0 Å². The maximum Gasteiger partial charge on any atom is 0.0680 e. The fourth-order valence-electron chi connectivity index (χ4n) is 2.37. The Hall–Kier alpha value is -2.07. The molecule has 3 aromatic rings. The predicted octanol–water partition coefficient (Wildman–Crippen LogP) is 6.02. The molecule has 0 aliphatic carbocycles. The second-order valence-electron chi connectivity index (χ2n) is 8.32. The minimum Gasteiger partial charge on any atom is -0.273 e. The van der Waals surface area contributed by atoms with Crippen molar-refractivity contribution in [3.8, 4) is 0 Å². The van der Waals surface area contributed by atoms with Gasteiger partial charge >= 0.3 is 0 Å². The molecule has 2 aromatic heterocycles. The van der Waals surface area contributed by atoms with Crippen molar-refractivity contribution < 1.29 is 0 Å². The second-order valence-corrected chi connectivity index (χ2v) is 8.76. The van der Waals surface area contributed by atoms with Gasteiger partial charge in [0.2, 0.25) is 0 Å². The van der Waals surface area contributed by atoms with Crippen LogP contribution in [0.4, 0.5) is 0 Å². The number of rotatable bonds is 0. The van der Waals surface area contributed by atoms with E-state index in [2.05, 4.69) is 63.9 Å². The molecular formula is C23H35ClN4. The number of halogens is 1. The first-order chi connectivity index (χ1) is 12.8.